The van der Waals surface area contributed by atoms with Crippen molar-refractivity contribution in [2.75, 3.05) is 6.54 Å². The van der Waals surface area contributed by atoms with Crippen LogP contribution in [-0.4, -0.2) is 22.4 Å². The molecule has 9 heteroatoms. The minimum absolute atomic E-state index is 0.105. The van der Waals surface area contributed by atoms with Crippen molar-refractivity contribution < 1.29 is 28.0 Å². The Morgan fingerprint density at radius 1 is 1.17 bits per heavy atom. The number of nitrogens with zero attached hydrogens (tertiary/aromatic N) is 2. The number of rotatable bonds is 5. The first-order chi connectivity index (χ1) is 11.3. The monoisotopic (exact) mass is 340 g/mol. The molecular weight excluding hydrogens is 329 g/mol. The Kier molecular flexibility index (Phi) is 5.02. The minimum Gasteiger partial charge on any atom is -0.457 e. The van der Waals surface area contributed by atoms with E-state index in [1.54, 1.807) is 12.1 Å². The zero-order valence-electron chi connectivity index (χ0n) is 12.0. The maximum absolute atomic E-state index is 12.5. The number of nitro groups is 1. The van der Waals surface area contributed by atoms with Gasteiger partial charge in [0.05, 0.1) is 5.56 Å². The Morgan fingerprint density at radius 3 is 2.33 bits per heavy atom. The van der Waals surface area contributed by atoms with Crippen LogP contribution in [0.25, 0.3) is 0 Å². The zero-order valence-corrected chi connectivity index (χ0v) is 12.0. The van der Waals surface area contributed by atoms with E-state index >= 15 is 0 Å². The van der Waals surface area contributed by atoms with E-state index in [1.165, 1.54) is 12.1 Å². The van der Waals surface area contributed by atoms with Gasteiger partial charge in [0.15, 0.2) is 5.71 Å². The fraction of sp³-hybridized carbons (Fsp3) is 0.133. The summed E-state index contributed by atoms with van der Waals surface area (Å²) in [4.78, 5) is 9.93. The molecule has 0 atom stereocenters. The van der Waals surface area contributed by atoms with Crippen LogP contribution < -0.4 is 4.74 Å². The van der Waals surface area contributed by atoms with Crippen molar-refractivity contribution in [2.45, 2.75) is 6.18 Å². The summed E-state index contributed by atoms with van der Waals surface area (Å²) in [5, 5.41) is 22.5. The number of alkyl halides is 3. The number of oxime groups is 1. The molecule has 0 radical (unpaired) electrons. The second-order valence-corrected chi connectivity index (χ2v) is 4.66. The smallest absolute Gasteiger partial charge is 0.416 e. The first-order valence-corrected chi connectivity index (χ1v) is 6.58. The van der Waals surface area contributed by atoms with Gasteiger partial charge in [0.25, 0.3) is 0 Å². The second-order valence-electron chi connectivity index (χ2n) is 4.66. The quantitative estimate of drug-likeness (QED) is 0.386. The van der Waals surface area contributed by atoms with Gasteiger partial charge in [-0.1, -0.05) is 17.3 Å². The van der Waals surface area contributed by atoms with E-state index in [2.05, 4.69) is 5.16 Å². The lowest BCUT2D eigenvalue weighted by Gasteiger charge is -2.12. The molecule has 0 aliphatic rings. The molecule has 2 aromatic rings. The SMILES string of the molecule is O=[N+]([O-])C/C(=N\O)c1ccccc1Oc1ccc(C(F)(F)F)cc1. The first-order valence-electron chi connectivity index (χ1n) is 6.58. The van der Waals surface area contributed by atoms with E-state index in [9.17, 15) is 23.3 Å². The molecule has 1 N–H and O–H groups in total. The van der Waals surface area contributed by atoms with E-state index in [0.717, 1.165) is 24.3 Å². The van der Waals surface area contributed by atoms with E-state index in [-0.39, 0.29) is 22.8 Å². The Bertz CT molecular complexity index is 758. The molecule has 6 nitrogen and oxygen atoms in total. The number of halogens is 3. The van der Waals surface area contributed by atoms with Crippen molar-refractivity contribution in [1.29, 1.82) is 0 Å². The Morgan fingerprint density at radius 2 is 1.79 bits per heavy atom. The van der Waals surface area contributed by atoms with Crippen LogP contribution in [0.3, 0.4) is 0 Å². The Hall–Kier alpha value is -3.10. The maximum atomic E-state index is 12.5. The number of hydrogen-bond acceptors (Lipinski definition) is 5. The van der Waals surface area contributed by atoms with Crippen molar-refractivity contribution in [1.82, 2.24) is 0 Å². The van der Waals surface area contributed by atoms with Crippen LogP contribution in [0.5, 0.6) is 11.5 Å². The van der Waals surface area contributed by atoms with Crippen LogP contribution in [0, 0.1) is 10.1 Å². The number of para-hydroxylation sites is 1. The number of benzene rings is 2. The standard InChI is InChI=1S/C15H11F3N2O4/c16-15(17,18)10-5-7-11(8-6-10)24-14-4-2-1-3-12(14)13(19-21)9-20(22)23/h1-8,21H,9H2/b19-13+. The number of hydrogen-bond donors (Lipinski definition) is 1. The molecular formula is C15H11F3N2O4. The fourth-order valence-corrected chi connectivity index (χ4v) is 1.93. The summed E-state index contributed by atoms with van der Waals surface area (Å²) in [6.45, 7) is -0.732. The molecule has 0 unspecified atom stereocenters. The summed E-state index contributed by atoms with van der Waals surface area (Å²) < 4.78 is 43.1. The molecule has 0 fully saturated rings. The Labute approximate surface area is 133 Å². The molecule has 0 bridgehead atoms. The van der Waals surface area contributed by atoms with Gasteiger partial charge in [-0.2, -0.15) is 13.2 Å². The summed E-state index contributed by atoms with van der Waals surface area (Å²) in [6, 6.07) is 10.00. The lowest BCUT2D eigenvalue weighted by atomic mass is 10.1. The van der Waals surface area contributed by atoms with Crippen LogP contribution in [0.1, 0.15) is 11.1 Å². The van der Waals surface area contributed by atoms with Gasteiger partial charge in [-0.25, -0.2) is 0 Å². The molecule has 0 saturated carbocycles. The van der Waals surface area contributed by atoms with Gasteiger partial charge in [0, 0.05) is 10.5 Å². The van der Waals surface area contributed by atoms with Gasteiger partial charge in [-0.05, 0) is 36.4 Å². The fourth-order valence-electron chi connectivity index (χ4n) is 1.93. The molecule has 0 spiro atoms. The van der Waals surface area contributed by atoms with Crippen molar-refractivity contribution >= 4 is 5.71 Å². The highest BCUT2D eigenvalue weighted by molar-refractivity contribution is 6.03. The molecule has 0 amide bonds. The lowest BCUT2D eigenvalue weighted by molar-refractivity contribution is -0.463. The summed E-state index contributed by atoms with van der Waals surface area (Å²) in [5.74, 6) is 0.223. The van der Waals surface area contributed by atoms with E-state index in [4.69, 9.17) is 9.94 Å². The van der Waals surface area contributed by atoms with E-state index < -0.39 is 23.2 Å². The van der Waals surface area contributed by atoms with Crippen molar-refractivity contribution in [2.24, 2.45) is 5.16 Å². The average Bonchev–Trinajstić information content (AvgIpc) is 2.53. The number of ether oxygens (including phenoxy) is 1. The highest BCUT2D eigenvalue weighted by atomic mass is 19.4. The molecule has 2 rings (SSSR count). The molecule has 0 aliphatic heterocycles. The Balaban J connectivity index is 2.29. The summed E-state index contributed by atoms with van der Waals surface area (Å²) in [5.41, 5.74) is -0.895. The van der Waals surface area contributed by atoms with E-state index in [1.807, 2.05) is 0 Å². The predicted octanol–water partition coefficient (Wildman–Crippen LogP) is 3.95. The minimum atomic E-state index is -4.46. The van der Waals surface area contributed by atoms with Gasteiger partial charge >= 0.3 is 6.18 Å². The van der Waals surface area contributed by atoms with Crippen LogP contribution in [0.4, 0.5) is 13.2 Å². The third-order valence-electron chi connectivity index (χ3n) is 3.01. The molecule has 2 aromatic carbocycles. The molecule has 0 aromatic heterocycles. The summed E-state index contributed by atoms with van der Waals surface area (Å²) in [7, 11) is 0. The largest absolute Gasteiger partial charge is 0.457 e. The second kappa shape index (κ2) is 6.99. The van der Waals surface area contributed by atoms with Crippen LogP contribution >= 0.6 is 0 Å². The first kappa shape index (κ1) is 17.3. The average molecular weight is 340 g/mol. The predicted molar refractivity (Wildman–Crippen MR) is 78.1 cm³/mol. The van der Waals surface area contributed by atoms with Crippen LogP contribution in [0.15, 0.2) is 53.7 Å². The van der Waals surface area contributed by atoms with Gasteiger partial charge < -0.3 is 9.94 Å². The molecule has 126 valence electrons. The summed E-state index contributed by atoms with van der Waals surface area (Å²) >= 11 is 0. The molecule has 0 aliphatic carbocycles. The van der Waals surface area contributed by atoms with Gasteiger partial charge in [0.2, 0.25) is 6.54 Å². The lowest BCUT2D eigenvalue weighted by Crippen LogP contribution is -2.16. The van der Waals surface area contributed by atoms with Crippen molar-refractivity contribution in [3.8, 4) is 11.5 Å². The maximum Gasteiger partial charge on any atom is 0.416 e. The summed E-state index contributed by atoms with van der Waals surface area (Å²) in [6.07, 6.45) is -4.46. The van der Waals surface area contributed by atoms with E-state index in [0.29, 0.717) is 0 Å². The van der Waals surface area contributed by atoms with Gasteiger partial charge in [-0.15, -0.1) is 0 Å². The third-order valence-corrected chi connectivity index (χ3v) is 3.01. The third kappa shape index (κ3) is 4.22. The zero-order chi connectivity index (χ0) is 17.7. The van der Waals surface area contributed by atoms with Crippen LogP contribution in [0.2, 0.25) is 0 Å². The normalized spacial score (nSPS) is 12.0. The van der Waals surface area contributed by atoms with Crippen LogP contribution in [-0.2, 0) is 6.18 Å². The van der Waals surface area contributed by atoms with Crippen molar-refractivity contribution in [3.63, 3.8) is 0 Å². The van der Waals surface area contributed by atoms with Crippen molar-refractivity contribution in [3.05, 3.63) is 69.8 Å². The van der Waals surface area contributed by atoms with Gasteiger partial charge in [0.1, 0.15) is 11.5 Å². The highest BCUT2D eigenvalue weighted by Crippen LogP contribution is 2.32. The molecule has 0 saturated heterocycles. The molecule has 24 heavy (non-hydrogen) atoms. The van der Waals surface area contributed by atoms with Gasteiger partial charge in [-0.3, -0.25) is 10.1 Å². The molecule has 0 heterocycles. The highest BCUT2D eigenvalue weighted by Gasteiger charge is 2.30. The topological polar surface area (TPSA) is 85.0 Å².